The van der Waals surface area contributed by atoms with E-state index in [1.807, 2.05) is 0 Å². The molecule has 0 aromatic rings. The highest BCUT2D eigenvalue weighted by molar-refractivity contribution is 5.69. The Hall–Kier alpha value is -1.06. The first kappa shape index (κ1) is 20.9. The third kappa shape index (κ3) is 15.3. The van der Waals surface area contributed by atoms with E-state index in [1.165, 1.54) is 32.1 Å². The molecular formula is C18H34O4. The maximum Gasteiger partial charge on any atom is 0.305 e. The number of carbonyl (C=O) groups excluding carboxylic acids is 1. The van der Waals surface area contributed by atoms with E-state index in [4.69, 9.17) is 9.84 Å². The normalized spacial score (nSPS) is 12.1. The van der Waals surface area contributed by atoms with Gasteiger partial charge >= 0.3 is 11.9 Å². The maximum absolute atomic E-state index is 11.6. The third-order valence-corrected chi connectivity index (χ3v) is 3.85. The molecule has 1 atom stereocenters. The van der Waals surface area contributed by atoms with Gasteiger partial charge in [0.05, 0.1) is 6.61 Å². The molecule has 0 aromatic heterocycles. The molecule has 0 fully saturated rings. The molecule has 1 unspecified atom stereocenters. The Morgan fingerprint density at radius 2 is 1.50 bits per heavy atom. The van der Waals surface area contributed by atoms with Gasteiger partial charge in [-0.3, -0.25) is 9.59 Å². The molecule has 0 heterocycles. The number of unbranched alkanes of at least 4 members (excludes halogenated alkanes) is 7. The quantitative estimate of drug-likeness (QED) is 0.343. The molecule has 0 radical (unpaired) electrons. The van der Waals surface area contributed by atoms with E-state index in [0.29, 0.717) is 25.4 Å². The highest BCUT2D eigenvalue weighted by Gasteiger charge is 2.07. The van der Waals surface area contributed by atoms with Crippen LogP contribution in [0.3, 0.4) is 0 Å². The van der Waals surface area contributed by atoms with E-state index in [9.17, 15) is 9.59 Å². The molecule has 22 heavy (non-hydrogen) atoms. The fraction of sp³-hybridized carbons (Fsp3) is 0.889. The molecule has 4 nitrogen and oxygen atoms in total. The lowest BCUT2D eigenvalue weighted by atomic mass is 10.0. The van der Waals surface area contributed by atoms with Gasteiger partial charge in [0.1, 0.15) is 0 Å². The minimum Gasteiger partial charge on any atom is -0.481 e. The van der Waals surface area contributed by atoms with Gasteiger partial charge < -0.3 is 9.84 Å². The van der Waals surface area contributed by atoms with E-state index in [0.717, 1.165) is 25.7 Å². The second-order valence-corrected chi connectivity index (χ2v) is 6.30. The summed E-state index contributed by atoms with van der Waals surface area (Å²) in [6, 6.07) is 0. The van der Waals surface area contributed by atoms with Crippen molar-refractivity contribution < 1.29 is 19.4 Å². The van der Waals surface area contributed by atoms with Gasteiger partial charge in [0.25, 0.3) is 0 Å². The van der Waals surface area contributed by atoms with Crippen LogP contribution in [0.25, 0.3) is 0 Å². The molecule has 4 heteroatoms. The summed E-state index contributed by atoms with van der Waals surface area (Å²) in [6.45, 7) is 4.89. The van der Waals surface area contributed by atoms with Crippen molar-refractivity contribution in [3.63, 3.8) is 0 Å². The summed E-state index contributed by atoms with van der Waals surface area (Å²) < 4.78 is 5.29. The first-order valence-electron chi connectivity index (χ1n) is 8.93. The van der Waals surface area contributed by atoms with E-state index in [1.54, 1.807) is 0 Å². The standard InChI is InChI=1S/C18H34O4/c1-3-4-5-6-9-12-16(2)15-22-18(21)14-11-8-7-10-13-17(19)20/h16H,3-15H2,1-2H3,(H,19,20). The molecule has 130 valence electrons. The van der Waals surface area contributed by atoms with Gasteiger partial charge in [-0.05, 0) is 25.2 Å². The molecule has 0 spiro atoms. The van der Waals surface area contributed by atoms with Crippen molar-refractivity contribution in [2.75, 3.05) is 6.61 Å². The highest BCUT2D eigenvalue weighted by Crippen LogP contribution is 2.12. The van der Waals surface area contributed by atoms with Crippen LogP contribution >= 0.6 is 0 Å². The smallest absolute Gasteiger partial charge is 0.305 e. The Morgan fingerprint density at radius 1 is 0.909 bits per heavy atom. The summed E-state index contributed by atoms with van der Waals surface area (Å²) >= 11 is 0. The maximum atomic E-state index is 11.6. The predicted molar refractivity (Wildman–Crippen MR) is 88.8 cm³/mol. The fourth-order valence-electron chi connectivity index (χ4n) is 2.39. The van der Waals surface area contributed by atoms with Gasteiger partial charge in [-0.25, -0.2) is 0 Å². The Balaban J connectivity index is 3.38. The molecule has 0 aliphatic heterocycles. The third-order valence-electron chi connectivity index (χ3n) is 3.85. The summed E-state index contributed by atoms with van der Waals surface area (Å²) in [6.07, 6.45) is 11.5. The van der Waals surface area contributed by atoms with Crippen LogP contribution in [0.5, 0.6) is 0 Å². The van der Waals surface area contributed by atoms with Crippen molar-refractivity contribution in [3.05, 3.63) is 0 Å². The van der Waals surface area contributed by atoms with Crippen molar-refractivity contribution in [2.45, 2.75) is 90.9 Å². The summed E-state index contributed by atoms with van der Waals surface area (Å²) in [5.41, 5.74) is 0. The van der Waals surface area contributed by atoms with Crippen LogP contribution in [0.2, 0.25) is 0 Å². The van der Waals surface area contributed by atoms with Crippen molar-refractivity contribution in [2.24, 2.45) is 5.92 Å². The number of esters is 1. The average molecular weight is 314 g/mol. The molecule has 0 aromatic carbocycles. The van der Waals surface area contributed by atoms with Crippen LogP contribution < -0.4 is 0 Å². The topological polar surface area (TPSA) is 63.6 Å². The second kappa shape index (κ2) is 14.9. The summed E-state index contributed by atoms with van der Waals surface area (Å²) in [7, 11) is 0. The minimum atomic E-state index is -0.747. The molecule has 0 amide bonds. The SMILES string of the molecule is CCCCCCCC(C)COC(=O)CCCCCCC(=O)O. The highest BCUT2D eigenvalue weighted by atomic mass is 16.5. The van der Waals surface area contributed by atoms with Gasteiger partial charge in [-0.15, -0.1) is 0 Å². The lowest BCUT2D eigenvalue weighted by molar-refractivity contribution is -0.145. The van der Waals surface area contributed by atoms with Crippen molar-refractivity contribution in [3.8, 4) is 0 Å². The van der Waals surface area contributed by atoms with Gasteiger partial charge in [-0.1, -0.05) is 58.8 Å². The van der Waals surface area contributed by atoms with Crippen molar-refractivity contribution in [1.29, 1.82) is 0 Å². The van der Waals surface area contributed by atoms with Crippen molar-refractivity contribution in [1.82, 2.24) is 0 Å². The van der Waals surface area contributed by atoms with Crippen LogP contribution in [0.15, 0.2) is 0 Å². The summed E-state index contributed by atoms with van der Waals surface area (Å²) in [4.78, 5) is 21.9. The minimum absolute atomic E-state index is 0.115. The molecule has 0 saturated carbocycles. The molecule has 0 bridgehead atoms. The molecule has 0 rings (SSSR count). The number of rotatable bonds is 15. The molecule has 1 N–H and O–H groups in total. The van der Waals surface area contributed by atoms with Crippen LogP contribution in [0.1, 0.15) is 90.9 Å². The predicted octanol–water partition coefficient (Wildman–Crippen LogP) is 4.95. The number of ether oxygens (including phenoxy) is 1. The Bertz CT molecular complexity index is 289. The average Bonchev–Trinajstić information content (AvgIpc) is 2.48. The molecule has 0 saturated heterocycles. The number of hydrogen-bond acceptors (Lipinski definition) is 3. The largest absolute Gasteiger partial charge is 0.481 e. The van der Waals surface area contributed by atoms with Gasteiger partial charge in [0, 0.05) is 12.8 Å². The van der Waals surface area contributed by atoms with E-state index >= 15 is 0 Å². The van der Waals surface area contributed by atoms with Crippen molar-refractivity contribution >= 4 is 11.9 Å². The van der Waals surface area contributed by atoms with E-state index < -0.39 is 5.97 Å². The zero-order chi connectivity index (χ0) is 16.6. The Morgan fingerprint density at radius 3 is 2.14 bits per heavy atom. The van der Waals surface area contributed by atoms with Crippen LogP contribution in [-0.2, 0) is 14.3 Å². The van der Waals surface area contributed by atoms with Gasteiger partial charge in [0.15, 0.2) is 0 Å². The zero-order valence-electron chi connectivity index (χ0n) is 14.4. The Kier molecular flexibility index (Phi) is 14.1. The second-order valence-electron chi connectivity index (χ2n) is 6.30. The van der Waals surface area contributed by atoms with Crippen LogP contribution in [0, 0.1) is 5.92 Å². The Labute approximate surface area is 135 Å². The monoisotopic (exact) mass is 314 g/mol. The summed E-state index contributed by atoms with van der Waals surface area (Å²) in [5.74, 6) is -0.416. The van der Waals surface area contributed by atoms with E-state index in [-0.39, 0.29) is 12.4 Å². The molecular weight excluding hydrogens is 280 g/mol. The van der Waals surface area contributed by atoms with Crippen LogP contribution in [-0.4, -0.2) is 23.7 Å². The summed E-state index contributed by atoms with van der Waals surface area (Å²) in [5, 5.41) is 8.51. The number of carboxylic acid groups (broad SMARTS) is 1. The fourth-order valence-corrected chi connectivity index (χ4v) is 2.39. The number of aliphatic carboxylic acids is 1. The lowest BCUT2D eigenvalue weighted by Crippen LogP contribution is -2.11. The van der Waals surface area contributed by atoms with Gasteiger partial charge in [0.2, 0.25) is 0 Å². The first-order valence-corrected chi connectivity index (χ1v) is 8.93. The van der Waals surface area contributed by atoms with Gasteiger partial charge in [-0.2, -0.15) is 0 Å². The number of hydrogen-bond donors (Lipinski definition) is 1. The number of carboxylic acids is 1. The zero-order valence-corrected chi connectivity index (χ0v) is 14.4. The molecule has 0 aliphatic rings. The number of carbonyl (C=O) groups is 2. The van der Waals surface area contributed by atoms with E-state index in [2.05, 4.69) is 13.8 Å². The van der Waals surface area contributed by atoms with Crippen LogP contribution in [0.4, 0.5) is 0 Å². The molecule has 0 aliphatic carbocycles. The first-order chi connectivity index (χ1) is 10.6. The lowest BCUT2D eigenvalue weighted by Gasteiger charge is -2.12.